The number of hydrogen-bond donors (Lipinski definition) is 1. The average Bonchev–Trinajstić information content (AvgIpc) is 3.18. The van der Waals surface area contributed by atoms with Crippen LogP contribution < -0.4 is 10.6 Å². The first kappa shape index (κ1) is 12.6. The molecule has 0 amide bonds. The Balaban J connectivity index is 2.33. The Morgan fingerprint density at radius 1 is 1.44 bits per heavy atom. The Morgan fingerprint density at radius 3 is 2.72 bits per heavy atom. The molecule has 0 unspecified atom stereocenters. The summed E-state index contributed by atoms with van der Waals surface area (Å²) in [5.74, 6) is 2.24. The molecule has 1 heterocycles. The monoisotopic (exact) mass is 245 g/mol. The van der Waals surface area contributed by atoms with Crippen molar-refractivity contribution in [2.75, 3.05) is 17.2 Å². The van der Waals surface area contributed by atoms with Crippen molar-refractivity contribution in [2.24, 2.45) is 0 Å². The van der Waals surface area contributed by atoms with Crippen LogP contribution in [-0.2, 0) is 6.42 Å². The van der Waals surface area contributed by atoms with E-state index >= 15 is 0 Å². The van der Waals surface area contributed by atoms with E-state index in [1.54, 1.807) is 0 Å². The maximum Gasteiger partial charge on any atom is 0.137 e. The Morgan fingerprint density at radius 2 is 2.17 bits per heavy atom. The van der Waals surface area contributed by atoms with Gasteiger partial charge in [-0.25, -0.2) is 9.97 Å². The van der Waals surface area contributed by atoms with E-state index in [4.69, 9.17) is 11.0 Å². The molecule has 18 heavy (non-hydrogen) atoms. The van der Waals surface area contributed by atoms with Gasteiger partial charge in [-0.1, -0.05) is 6.92 Å². The molecule has 5 nitrogen and oxygen atoms in total. The first-order valence-electron chi connectivity index (χ1n) is 6.44. The lowest BCUT2D eigenvalue weighted by Gasteiger charge is -2.25. The van der Waals surface area contributed by atoms with E-state index in [0.717, 1.165) is 30.2 Å². The van der Waals surface area contributed by atoms with Crippen LogP contribution >= 0.6 is 0 Å². The summed E-state index contributed by atoms with van der Waals surface area (Å²) in [6.07, 6.45) is 3.64. The number of rotatable bonds is 5. The molecule has 0 aliphatic heterocycles. The van der Waals surface area contributed by atoms with Crippen molar-refractivity contribution in [3.63, 3.8) is 0 Å². The van der Waals surface area contributed by atoms with Crippen molar-refractivity contribution in [1.29, 1.82) is 5.26 Å². The van der Waals surface area contributed by atoms with E-state index in [0.29, 0.717) is 18.3 Å². The molecule has 2 N–H and O–H groups in total. The van der Waals surface area contributed by atoms with Crippen molar-refractivity contribution < 1.29 is 0 Å². The van der Waals surface area contributed by atoms with Crippen molar-refractivity contribution >= 4 is 11.6 Å². The number of nitriles is 1. The van der Waals surface area contributed by atoms with E-state index < -0.39 is 0 Å². The molecule has 0 spiro atoms. The Bertz CT molecular complexity index is 473. The Labute approximate surface area is 108 Å². The summed E-state index contributed by atoms with van der Waals surface area (Å²) in [5.41, 5.74) is 6.87. The van der Waals surface area contributed by atoms with Gasteiger partial charge in [0.1, 0.15) is 17.5 Å². The zero-order chi connectivity index (χ0) is 13.1. The van der Waals surface area contributed by atoms with Crippen LogP contribution in [0.25, 0.3) is 0 Å². The SMILES string of the molecule is CCc1nc(N)c(C)c(N(CCC#N)C2CC2)n1. The second kappa shape index (κ2) is 5.21. The van der Waals surface area contributed by atoms with Gasteiger partial charge in [0.15, 0.2) is 0 Å². The normalized spacial score (nSPS) is 14.3. The maximum absolute atomic E-state index is 8.75. The van der Waals surface area contributed by atoms with E-state index in [1.165, 1.54) is 12.8 Å². The highest BCUT2D eigenvalue weighted by atomic mass is 15.2. The molecule has 0 aromatic carbocycles. The first-order valence-corrected chi connectivity index (χ1v) is 6.44. The third-order valence-corrected chi connectivity index (χ3v) is 3.24. The standard InChI is InChI=1S/C13H19N5/c1-3-11-16-12(15)9(2)13(17-11)18(8-4-7-14)10-5-6-10/h10H,3-6,8H2,1-2H3,(H2,15,16,17). The molecule has 1 aliphatic rings. The van der Waals surface area contributed by atoms with Crippen molar-refractivity contribution in [1.82, 2.24) is 9.97 Å². The molecule has 0 radical (unpaired) electrons. The predicted octanol–water partition coefficient (Wildman–Crippen LogP) is 1.81. The summed E-state index contributed by atoms with van der Waals surface area (Å²) >= 11 is 0. The van der Waals surface area contributed by atoms with Gasteiger partial charge >= 0.3 is 0 Å². The van der Waals surface area contributed by atoms with Gasteiger partial charge < -0.3 is 10.6 Å². The summed E-state index contributed by atoms with van der Waals surface area (Å²) in [4.78, 5) is 11.1. The number of aromatic nitrogens is 2. The van der Waals surface area contributed by atoms with Crippen LogP contribution in [0.4, 0.5) is 11.6 Å². The molecular formula is C13H19N5. The quantitative estimate of drug-likeness (QED) is 0.855. The predicted molar refractivity (Wildman–Crippen MR) is 71.2 cm³/mol. The topological polar surface area (TPSA) is 78.8 Å². The minimum absolute atomic E-state index is 0.515. The van der Waals surface area contributed by atoms with Crippen LogP contribution in [-0.4, -0.2) is 22.6 Å². The number of nitrogen functional groups attached to an aromatic ring is 1. The largest absolute Gasteiger partial charge is 0.383 e. The Hall–Kier alpha value is -1.83. The molecular weight excluding hydrogens is 226 g/mol. The lowest BCUT2D eigenvalue weighted by molar-refractivity contribution is 0.762. The van der Waals surface area contributed by atoms with E-state index in [-0.39, 0.29) is 0 Å². The van der Waals surface area contributed by atoms with Crippen LogP contribution in [0, 0.1) is 18.3 Å². The third kappa shape index (κ3) is 2.53. The van der Waals surface area contributed by atoms with Crippen LogP contribution in [0.15, 0.2) is 0 Å². The van der Waals surface area contributed by atoms with Crippen LogP contribution in [0.3, 0.4) is 0 Å². The van der Waals surface area contributed by atoms with Gasteiger partial charge in [0.05, 0.1) is 12.5 Å². The fourth-order valence-corrected chi connectivity index (χ4v) is 2.02. The molecule has 5 heteroatoms. The maximum atomic E-state index is 8.75. The summed E-state index contributed by atoms with van der Waals surface area (Å²) in [7, 11) is 0. The second-order valence-corrected chi connectivity index (χ2v) is 4.66. The summed E-state index contributed by atoms with van der Waals surface area (Å²) in [5, 5.41) is 8.75. The van der Waals surface area contributed by atoms with Gasteiger partial charge in [-0.15, -0.1) is 0 Å². The molecule has 1 saturated carbocycles. The van der Waals surface area contributed by atoms with Gasteiger partial charge in [-0.05, 0) is 19.8 Å². The highest BCUT2D eigenvalue weighted by molar-refractivity contribution is 5.57. The number of nitrogens with zero attached hydrogens (tertiary/aromatic N) is 4. The molecule has 0 saturated heterocycles. The fourth-order valence-electron chi connectivity index (χ4n) is 2.02. The average molecular weight is 245 g/mol. The van der Waals surface area contributed by atoms with Gasteiger partial charge in [0.2, 0.25) is 0 Å². The van der Waals surface area contributed by atoms with Crippen molar-refractivity contribution in [2.45, 2.75) is 45.6 Å². The molecule has 96 valence electrons. The molecule has 1 aliphatic carbocycles. The number of hydrogen-bond acceptors (Lipinski definition) is 5. The number of nitrogens with two attached hydrogens (primary N) is 1. The summed E-state index contributed by atoms with van der Waals surface area (Å²) in [6, 6.07) is 2.72. The van der Waals surface area contributed by atoms with Gasteiger partial charge in [0, 0.05) is 24.6 Å². The Kier molecular flexibility index (Phi) is 3.66. The lowest BCUT2D eigenvalue weighted by atomic mass is 10.2. The molecule has 2 rings (SSSR count). The van der Waals surface area contributed by atoms with Crippen LogP contribution in [0.5, 0.6) is 0 Å². The van der Waals surface area contributed by atoms with Crippen LogP contribution in [0.2, 0.25) is 0 Å². The molecule has 1 aromatic rings. The van der Waals surface area contributed by atoms with E-state index in [9.17, 15) is 0 Å². The van der Waals surface area contributed by atoms with Gasteiger partial charge in [0.25, 0.3) is 0 Å². The lowest BCUT2D eigenvalue weighted by Crippen LogP contribution is -2.29. The van der Waals surface area contributed by atoms with Gasteiger partial charge in [-0.2, -0.15) is 5.26 Å². The molecule has 0 atom stereocenters. The highest BCUT2D eigenvalue weighted by Crippen LogP contribution is 2.33. The van der Waals surface area contributed by atoms with Crippen molar-refractivity contribution in [3.8, 4) is 6.07 Å². The van der Waals surface area contributed by atoms with E-state index in [1.807, 2.05) is 13.8 Å². The highest BCUT2D eigenvalue weighted by Gasteiger charge is 2.31. The zero-order valence-corrected chi connectivity index (χ0v) is 11.0. The summed E-state index contributed by atoms with van der Waals surface area (Å²) in [6.45, 7) is 4.69. The van der Waals surface area contributed by atoms with Crippen LogP contribution in [0.1, 0.15) is 37.6 Å². The fraction of sp³-hybridized carbons (Fsp3) is 0.615. The molecule has 1 fully saturated rings. The number of aryl methyl sites for hydroxylation is 1. The minimum Gasteiger partial charge on any atom is -0.383 e. The smallest absolute Gasteiger partial charge is 0.137 e. The minimum atomic E-state index is 0.515. The van der Waals surface area contributed by atoms with E-state index in [2.05, 4.69) is 20.9 Å². The first-order chi connectivity index (χ1) is 8.67. The van der Waals surface area contributed by atoms with Gasteiger partial charge in [-0.3, -0.25) is 0 Å². The summed E-state index contributed by atoms with van der Waals surface area (Å²) < 4.78 is 0. The third-order valence-electron chi connectivity index (χ3n) is 3.24. The second-order valence-electron chi connectivity index (χ2n) is 4.66. The zero-order valence-electron chi connectivity index (χ0n) is 11.0. The molecule has 0 bridgehead atoms. The molecule has 1 aromatic heterocycles. The number of anilines is 2. The van der Waals surface area contributed by atoms with Crippen molar-refractivity contribution in [3.05, 3.63) is 11.4 Å².